The minimum absolute atomic E-state index is 0.171. The third kappa shape index (κ3) is 3.29. The second kappa shape index (κ2) is 7.17. The number of Topliss-reactive ketones (excluding diaryl/α,β-unsaturated/α-hetero) is 1. The van der Waals surface area contributed by atoms with Crippen molar-refractivity contribution in [2.45, 2.75) is 13.0 Å². The molecule has 0 radical (unpaired) electrons. The molecule has 3 aromatic rings. The molecular weight excluding hydrogens is 400 g/mol. The van der Waals surface area contributed by atoms with Gasteiger partial charge >= 0.3 is 5.91 Å². The number of aromatic nitrogens is 2. The van der Waals surface area contributed by atoms with Gasteiger partial charge in [-0.05, 0) is 48.9 Å². The van der Waals surface area contributed by atoms with Gasteiger partial charge in [-0.25, -0.2) is 8.78 Å². The molecule has 0 bridgehead atoms. The van der Waals surface area contributed by atoms with Gasteiger partial charge in [0.2, 0.25) is 5.13 Å². The average Bonchev–Trinajstić information content (AvgIpc) is 3.24. The first-order valence-corrected chi connectivity index (χ1v) is 9.31. The summed E-state index contributed by atoms with van der Waals surface area (Å²) in [6.07, 6.45) is 0. The van der Waals surface area contributed by atoms with Crippen molar-refractivity contribution in [2.24, 2.45) is 0 Å². The van der Waals surface area contributed by atoms with Crippen molar-refractivity contribution in [1.29, 1.82) is 0 Å². The van der Waals surface area contributed by atoms with Crippen molar-refractivity contribution in [3.05, 3.63) is 81.9 Å². The second-order valence-electron chi connectivity index (χ2n) is 6.33. The first-order chi connectivity index (χ1) is 13.9. The van der Waals surface area contributed by atoms with Crippen molar-refractivity contribution < 1.29 is 23.5 Å². The first kappa shape index (κ1) is 18.9. The highest BCUT2D eigenvalue weighted by Crippen LogP contribution is 2.42. The fraction of sp³-hybridized carbons (Fsp3) is 0.100. The van der Waals surface area contributed by atoms with E-state index in [-0.39, 0.29) is 16.3 Å². The zero-order valence-corrected chi connectivity index (χ0v) is 15.8. The number of aliphatic hydroxyl groups excluding tert-OH is 1. The van der Waals surface area contributed by atoms with Crippen LogP contribution in [0.25, 0.3) is 5.76 Å². The summed E-state index contributed by atoms with van der Waals surface area (Å²) >= 11 is 1.11. The third-order valence-electron chi connectivity index (χ3n) is 4.47. The van der Waals surface area contributed by atoms with E-state index in [1.54, 1.807) is 6.92 Å². The van der Waals surface area contributed by atoms with Crippen LogP contribution in [0.3, 0.4) is 0 Å². The number of benzene rings is 2. The number of carbonyl (C=O) groups excluding carboxylic acids is 2. The van der Waals surface area contributed by atoms with Crippen LogP contribution in [0.15, 0.2) is 54.1 Å². The molecule has 1 fully saturated rings. The number of anilines is 1. The van der Waals surface area contributed by atoms with E-state index >= 15 is 0 Å². The molecule has 0 spiro atoms. The smallest absolute Gasteiger partial charge is 0.301 e. The number of rotatable bonds is 3. The average molecular weight is 413 g/mol. The van der Waals surface area contributed by atoms with Crippen LogP contribution in [0.5, 0.6) is 0 Å². The molecule has 1 N–H and O–H groups in total. The van der Waals surface area contributed by atoms with E-state index in [1.807, 2.05) is 0 Å². The largest absolute Gasteiger partial charge is 0.507 e. The van der Waals surface area contributed by atoms with Gasteiger partial charge in [0, 0.05) is 5.56 Å². The summed E-state index contributed by atoms with van der Waals surface area (Å²) in [6, 6.07) is 9.06. The molecule has 1 saturated heterocycles. The highest BCUT2D eigenvalue weighted by atomic mass is 32.1. The Labute approximate surface area is 167 Å². The molecule has 0 aliphatic carbocycles. The number of halogens is 2. The van der Waals surface area contributed by atoms with Crippen LogP contribution < -0.4 is 4.90 Å². The minimum Gasteiger partial charge on any atom is -0.507 e. The van der Waals surface area contributed by atoms with E-state index in [1.165, 1.54) is 36.4 Å². The van der Waals surface area contributed by atoms with Crippen molar-refractivity contribution in [1.82, 2.24) is 10.2 Å². The summed E-state index contributed by atoms with van der Waals surface area (Å²) < 4.78 is 26.7. The Morgan fingerprint density at radius 1 is 1.00 bits per heavy atom. The van der Waals surface area contributed by atoms with E-state index in [4.69, 9.17) is 0 Å². The SMILES string of the molecule is Cc1nnc(N2C(=O)C(=O)/C(=C(\O)c3ccc(F)cc3)C2c2ccc(F)cc2)s1. The zero-order chi connectivity index (χ0) is 20.7. The molecule has 2 aromatic carbocycles. The van der Waals surface area contributed by atoms with Crippen molar-refractivity contribution in [3.63, 3.8) is 0 Å². The van der Waals surface area contributed by atoms with Gasteiger partial charge in [-0.1, -0.05) is 23.5 Å². The number of carbonyl (C=O) groups is 2. The number of hydrogen-bond acceptors (Lipinski definition) is 6. The summed E-state index contributed by atoms with van der Waals surface area (Å²) in [5.41, 5.74) is 0.383. The molecule has 29 heavy (non-hydrogen) atoms. The van der Waals surface area contributed by atoms with Gasteiger partial charge in [0.25, 0.3) is 5.78 Å². The van der Waals surface area contributed by atoms with Gasteiger partial charge < -0.3 is 5.11 Å². The number of amides is 1. The fourth-order valence-corrected chi connectivity index (χ4v) is 3.85. The lowest BCUT2D eigenvalue weighted by Gasteiger charge is -2.22. The number of nitrogens with zero attached hydrogens (tertiary/aromatic N) is 3. The second-order valence-corrected chi connectivity index (χ2v) is 7.49. The van der Waals surface area contributed by atoms with Crippen molar-refractivity contribution >= 4 is 33.9 Å². The summed E-state index contributed by atoms with van der Waals surface area (Å²) in [7, 11) is 0. The Balaban J connectivity index is 1.93. The maximum Gasteiger partial charge on any atom is 0.301 e. The van der Waals surface area contributed by atoms with Crippen LogP contribution in [0.2, 0.25) is 0 Å². The molecule has 146 valence electrons. The monoisotopic (exact) mass is 413 g/mol. The molecule has 1 aliphatic heterocycles. The van der Waals surface area contributed by atoms with Crippen molar-refractivity contribution in [3.8, 4) is 0 Å². The first-order valence-electron chi connectivity index (χ1n) is 8.49. The maximum absolute atomic E-state index is 13.4. The van der Waals surface area contributed by atoms with Gasteiger partial charge in [-0.3, -0.25) is 14.5 Å². The molecular formula is C20H13F2N3O3S. The zero-order valence-electron chi connectivity index (χ0n) is 15.0. The molecule has 0 saturated carbocycles. The van der Waals surface area contributed by atoms with Gasteiger partial charge in [-0.2, -0.15) is 0 Å². The predicted molar refractivity (Wildman–Crippen MR) is 102 cm³/mol. The number of hydrogen-bond donors (Lipinski definition) is 1. The molecule has 4 rings (SSSR count). The van der Waals surface area contributed by atoms with Crippen LogP contribution in [0, 0.1) is 18.6 Å². The van der Waals surface area contributed by atoms with Crippen LogP contribution in [0.1, 0.15) is 22.2 Å². The highest BCUT2D eigenvalue weighted by Gasteiger charge is 2.48. The van der Waals surface area contributed by atoms with E-state index in [2.05, 4.69) is 10.2 Å². The molecule has 1 atom stereocenters. The molecule has 9 heteroatoms. The van der Waals surface area contributed by atoms with E-state index in [0.29, 0.717) is 10.6 Å². The van der Waals surface area contributed by atoms with E-state index in [0.717, 1.165) is 28.4 Å². The number of aliphatic hydroxyl groups is 1. The van der Waals surface area contributed by atoms with E-state index in [9.17, 15) is 23.5 Å². The standard InChI is InChI=1S/C20H13F2N3O3S/c1-10-23-24-20(29-10)25-16(11-2-6-13(21)7-3-11)15(18(27)19(25)28)17(26)12-4-8-14(22)9-5-12/h2-9,16,26H,1H3/b17-15-. The van der Waals surface area contributed by atoms with Gasteiger partial charge in [0.1, 0.15) is 22.4 Å². The topological polar surface area (TPSA) is 83.4 Å². The van der Waals surface area contributed by atoms with Gasteiger partial charge in [0.05, 0.1) is 11.6 Å². The van der Waals surface area contributed by atoms with Crippen LogP contribution in [-0.4, -0.2) is 27.0 Å². The predicted octanol–water partition coefficient (Wildman–Crippen LogP) is 3.75. The molecule has 1 aromatic heterocycles. The Hall–Kier alpha value is -3.46. The molecule has 1 aliphatic rings. The van der Waals surface area contributed by atoms with Gasteiger partial charge in [0.15, 0.2) is 0 Å². The molecule has 2 heterocycles. The maximum atomic E-state index is 13.4. The Morgan fingerprint density at radius 2 is 1.59 bits per heavy atom. The molecule has 6 nitrogen and oxygen atoms in total. The van der Waals surface area contributed by atoms with Crippen LogP contribution >= 0.6 is 11.3 Å². The number of ketones is 1. The third-order valence-corrected chi connectivity index (χ3v) is 5.31. The lowest BCUT2D eigenvalue weighted by Crippen LogP contribution is -2.29. The Morgan fingerprint density at radius 3 is 2.14 bits per heavy atom. The summed E-state index contributed by atoms with van der Waals surface area (Å²) in [4.78, 5) is 26.8. The van der Waals surface area contributed by atoms with E-state index < -0.39 is 35.1 Å². The normalized spacial score (nSPS) is 18.4. The Bertz CT molecular complexity index is 1140. The Kier molecular flexibility index (Phi) is 4.67. The highest BCUT2D eigenvalue weighted by molar-refractivity contribution is 7.15. The summed E-state index contributed by atoms with van der Waals surface area (Å²) in [6.45, 7) is 1.70. The summed E-state index contributed by atoms with van der Waals surface area (Å²) in [5, 5.41) is 19.4. The fourth-order valence-electron chi connectivity index (χ4n) is 3.14. The van der Waals surface area contributed by atoms with Crippen molar-refractivity contribution in [2.75, 3.05) is 4.90 Å². The lowest BCUT2D eigenvalue weighted by atomic mass is 9.95. The minimum atomic E-state index is -1.03. The lowest BCUT2D eigenvalue weighted by molar-refractivity contribution is -0.132. The summed E-state index contributed by atoms with van der Waals surface area (Å²) in [5.74, 6) is -3.27. The molecule has 1 unspecified atom stereocenters. The molecule has 1 amide bonds. The van der Waals surface area contributed by atoms with Crippen LogP contribution in [-0.2, 0) is 9.59 Å². The van der Waals surface area contributed by atoms with Gasteiger partial charge in [-0.15, -0.1) is 10.2 Å². The van der Waals surface area contributed by atoms with Crippen LogP contribution in [0.4, 0.5) is 13.9 Å². The number of aryl methyl sites for hydroxylation is 1. The quantitative estimate of drug-likeness (QED) is 0.402.